The summed E-state index contributed by atoms with van der Waals surface area (Å²) < 4.78 is 61.3. The highest BCUT2D eigenvalue weighted by Gasteiger charge is 2.32. The van der Waals surface area contributed by atoms with Crippen molar-refractivity contribution in [2.75, 3.05) is 24.9 Å². The maximum atomic E-state index is 12.7. The molecule has 2 N–H and O–H groups in total. The normalized spacial score (nSPS) is 13.3. The number of nitrogens with one attached hydrogen (secondary N) is 1. The molecule has 0 radical (unpaired) electrons. The molecule has 0 saturated carbocycles. The van der Waals surface area contributed by atoms with Gasteiger partial charge in [-0.1, -0.05) is 41.4 Å². The van der Waals surface area contributed by atoms with Crippen LogP contribution in [-0.2, 0) is 30.4 Å². The lowest BCUT2D eigenvalue weighted by molar-refractivity contribution is -0.141. The standard InChI is InChI=1S/C26H27Cl2F3N4O3S/c1-34(2)21(14-19-4-3-5-22(27)24(19)28)12-13-35(39(37)38)20-9-7-18(8-10-20)25(36)33-16-17-6-11-23(32-15-17)26(29,30)31/h3-11,15,21H,12-14,16H2,1-2H3,(H,33,36)(H,37,38). The third-order valence-electron chi connectivity index (χ3n) is 6.06. The maximum absolute atomic E-state index is 12.7. The van der Waals surface area contributed by atoms with Crippen LogP contribution in [0.15, 0.2) is 60.8 Å². The lowest BCUT2D eigenvalue weighted by atomic mass is 10.0. The number of alkyl halides is 3. The van der Waals surface area contributed by atoms with Gasteiger partial charge in [-0.15, -0.1) is 0 Å². The third-order valence-corrected chi connectivity index (χ3v) is 7.69. The van der Waals surface area contributed by atoms with Gasteiger partial charge in [-0.3, -0.25) is 18.6 Å². The summed E-state index contributed by atoms with van der Waals surface area (Å²) in [5, 5.41) is 3.57. The van der Waals surface area contributed by atoms with Crippen molar-refractivity contribution in [3.05, 3.63) is 93.2 Å². The van der Waals surface area contributed by atoms with Crippen molar-refractivity contribution in [1.82, 2.24) is 15.2 Å². The van der Waals surface area contributed by atoms with Crippen LogP contribution in [0, 0.1) is 0 Å². The van der Waals surface area contributed by atoms with Gasteiger partial charge in [0.2, 0.25) is 0 Å². The second-order valence-electron chi connectivity index (χ2n) is 8.94. The summed E-state index contributed by atoms with van der Waals surface area (Å²) in [7, 11) is 3.83. The molecule has 0 spiro atoms. The summed E-state index contributed by atoms with van der Waals surface area (Å²) in [6, 6.07) is 13.6. The maximum Gasteiger partial charge on any atom is 0.433 e. The Hall–Kier alpha value is -2.70. The third kappa shape index (κ3) is 8.64. The first-order valence-electron chi connectivity index (χ1n) is 11.7. The van der Waals surface area contributed by atoms with Crippen LogP contribution in [0.5, 0.6) is 0 Å². The van der Waals surface area contributed by atoms with E-state index in [1.54, 1.807) is 18.2 Å². The molecule has 0 aliphatic carbocycles. The number of aromatic nitrogens is 1. The van der Waals surface area contributed by atoms with Crippen LogP contribution in [0.1, 0.15) is 33.6 Å². The van der Waals surface area contributed by atoms with Gasteiger partial charge in [0.05, 0.1) is 15.7 Å². The fourth-order valence-electron chi connectivity index (χ4n) is 3.83. The second-order valence-corrected chi connectivity index (χ2v) is 10.6. The van der Waals surface area contributed by atoms with E-state index in [1.807, 2.05) is 31.1 Å². The number of likely N-dealkylation sites (N-methyl/N-ethyl adjacent to an activating group) is 1. The first-order chi connectivity index (χ1) is 18.4. The topological polar surface area (TPSA) is 85.8 Å². The summed E-state index contributed by atoms with van der Waals surface area (Å²) >= 11 is 10.2. The van der Waals surface area contributed by atoms with E-state index in [0.29, 0.717) is 34.1 Å². The summed E-state index contributed by atoms with van der Waals surface area (Å²) in [6.45, 7) is 0.234. The van der Waals surface area contributed by atoms with Gasteiger partial charge in [0.25, 0.3) is 17.2 Å². The number of pyridine rings is 1. The van der Waals surface area contributed by atoms with Crippen LogP contribution in [0.3, 0.4) is 0 Å². The van der Waals surface area contributed by atoms with Crippen LogP contribution in [0.2, 0.25) is 10.0 Å². The predicted octanol–water partition coefficient (Wildman–Crippen LogP) is 5.84. The first kappa shape index (κ1) is 30.8. The molecule has 0 fully saturated rings. The van der Waals surface area contributed by atoms with Gasteiger partial charge in [0, 0.05) is 30.9 Å². The molecular weight excluding hydrogens is 576 g/mol. The van der Waals surface area contributed by atoms with Gasteiger partial charge in [-0.2, -0.15) is 13.2 Å². The number of hydrogen-bond donors (Lipinski definition) is 2. The molecule has 7 nitrogen and oxygen atoms in total. The average Bonchev–Trinajstić information content (AvgIpc) is 2.89. The zero-order valence-electron chi connectivity index (χ0n) is 21.1. The van der Waals surface area contributed by atoms with Crippen molar-refractivity contribution in [3.63, 3.8) is 0 Å². The van der Waals surface area contributed by atoms with E-state index >= 15 is 0 Å². The van der Waals surface area contributed by atoms with E-state index in [9.17, 15) is 26.7 Å². The van der Waals surface area contributed by atoms with Crippen molar-refractivity contribution >= 4 is 46.1 Å². The Labute approximate surface area is 237 Å². The molecule has 3 rings (SSSR count). The minimum Gasteiger partial charge on any atom is -0.348 e. The Morgan fingerprint density at radius 3 is 2.36 bits per heavy atom. The molecule has 2 atom stereocenters. The SMILES string of the molecule is CN(C)C(CCN(c1ccc(C(=O)NCc2ccc(C(F)(F)F)nc2)cc1)S(=O)O)Cc1cccc(Cl)c1Cl. The van der Waals surface area contributed by atoms with E-state index in [-0.39, 0.29) is 24.7 Å². The monoisotopic (exact) mass is 602 g/mol. The lowest BCUT2D eigenvalue weighted by Crippen LogP contribution is -2.36. The zero-order chi connectivity index (χ0) is 28.7. The first-order valence-corrected chi connectivity index (χ1v) is 13.6. The highest BCUT2D eigenvalue weighted by Crippen LogP contribution is 2.28. The van der Waals surface area contributed by atoms with Crippen molar-refractivity contribution in [1.29, 1.82) is 0 Å². The molecule has 0 saturated heterocycles. The minimum atomic E-state index is -4.53. The largest absolute Gasteiger partial charge is 0.433 e. The number of hydrogen-bond acceptors (Lipinski definition) is 4. The van der Waals surface area contributed by atoms with Crippen molar-refractivity contribution < 1.29 is 26.7 Å². The molecule has 3 aromatic rings. The van der Waals surface area contributed by atoms with Crippen LogP contribution in [0.25, 0.3) is 0 Å². The van der Waals surface area contributed by atoms with Gasteiger partial charge in [-0.25, -0.2) is 4.21 Å². The summed E-state index contributed by atoms with van der Waals surface area (Å²) in [5.74, 6) is -0.454. The van der Waals surface area contributed by atoms with Crippen molar-refractivity contribution in [2.45, 2.75) is 31.6 Å². The summed E-state index contributed by atoms with van der Waals surface area (Å²) in [4.78, 5) is 17.9. The molecule has 0 bridgehead atoms. The van der Waals surface area contributed by atoms with E-state index in [4.69, 9.17) is 23.2 Å². The van der Waals surface area contributed by atoms with E-state index < -0.39 is 29.0 Å². The molecule has 39 heavy (non-hydrogen) atoms. The number of benzene rings is 2. The van der Waals surface area contributed by atoms with E-state index in [0.717, 1.165) is 17.8 Å². The van der Waals surface area contributed by atoms with Crippen LogP contribution >= 0.6 is 23.2 Å². The molecule has 2 unspecified atom stereocenters. The quantitative estimate of drug-likeness (QED) is 0.269. The molecule has 0 aliphatic rings. The number of carbonyl (C=O) groups excluding carboxylic acids is 1. The Morgan fingerprint density at radius 2 is 1.79 bits per heavy atom. The fourth-order valence-corrected chi connectivity index (χ4v) is 4.79. The van der Waals surface area contributed by atoms with Crippen LogP contribution in [0.4, 0.5) is 18.9 Å². The fraction of sp³-hybridized carbons (Fsp3) is 0.308. The summed E-state index contributed by atoms with van der Waals surface area (Å²) in [5.41, 5.74) is 0.997. The second kappa shape index (κ2) is 13.6. The molecule has 1 aromatic heterocycles. The number of nitrogens with zero attached hydrogens (tertiary/aromatic N) is 3. The predicted molar refractivity (Wildman–Crippen MR) is 147 cm³/mol. The van der Waals surface area contributed by atoms with Crippen molar-refractivity contribution in [3.8, 4) is 0 Å². The Kier molecular flexibility index (Phi) is 10.7. The van der Waals surface area contributed by atoms with Gasteiger partial charge in [0.1, 0.15) is 5.69 Å². The number of halogens is 5. The van der Waals surface area contributed by atoms with Gasteiger partial charge < -0.3 is 10.2 Å². The molecule has 0 aliphatic heterocycles. The smallest absolute Gasteiger partial charge is 0.348 e. The Bertz CT molecular complexity index is 1290. The zero-order valence-corrected chi connectivity index (χ0v) is 23.4. The number of anilines is 1. The Morgan fingerprint density at radius 1 is 1.10 bits per heavy atom. The minimum absolute atomic E-state index is 0.00300. The molecular formula is C26H27Cl2F3N4O3S. The van der Waals surface area contributed by atoms with Crippen LogP contribution in [-0.4, -0.2) is 51.2 Å². The lowest BCUT2D eigenvalue weighted by Gasteiger charge is -2.28. The van der Waals surface area contributed by atoms with Crippen molar-refractivity contribution in [2.24, 2.45) is 0 Å². The van der Waals surface area contributed by atoms with E-state index in [2.05, 4.69) is 10.3 Å². The van der Waals surface area contributed by atoms with Gasteiger partial charge in [-0.05, 0) is 74.5 Å². The highest BCUT2D eigenvalue weighted by atomic mass is 35.5. The molecule has 2 aromatic carbocycles. The van der Waals surface area contributed by atoms with Gasteiger partial charge in [0.15, 0.2) is 0 Å². The van der Waals surface area contributed by atoms with E-state index in [1.165, 1.54) is 22.5 Å². The molecule has 13 heteroatoms. The summed E-state index contributed by atoms with van der Waals surface area (Å²) in [6.07, 6.45) is -2.35. The number of rotatable bonds is 11. The number of carbonyl (C=O) groups is 1. The van der Waals surface area contributed by atoms with Gasteiger partial charge >= 0.3 is 6.18 Å². The van der Waals surface area contributed by atoms with Crippen LogP contribution < -0.4 is 9.62 Å². The number of amides is 1. The molecule has 1 heterocycles. The Balaban J connectivity index is 1.62. The molecule has 210 valence electrons. The average molecular weight is 603 g/mol. The molecule has 1 amide bonds. The highest BCUT2D eigenvalue weighted by molar-refractivity contribution is 7.80.